The van der Waals surface area contributed by atoms with Crippen LogP contribution in [-0.4, -0.2) is 58.7 Å². The van der Waals surface area contributed by atoms with Crippen LogP contribution < -0.4 is 15.0 Å². The van der Waals surface area contributed by atoms with Crippen molar-refractivity contribution in [3.63, 3.8) is 0 Å². The first kappa shape index (κ1) is 34.3. The molecule has 0 bridgehead atoms. The predicted octanol–water partition coefficient (Wildman–Crippen LogP) is 6.74. The molecular weight excluding hydrogens is 705 g/mol. The Balaban J connectivity index is 0.00000461. The number of ether oxygens (including phenoxy) is 1. The lowest BCUT2D eigenvalue weighted by atomic mass is 10.1. The van der Waals surface area contributed by atoms with Crippen LogP contribution in [0.3, 0.4) is 0 Å². The maximum absolute atomic E-state index is 13.0. The number of amides is 3. The molecule has 0 radical (unpaired) electrons. The van der Waals surface area contributed by atoms with Crippen LogP contribution in [0.15, 0.2) is 65.4 Å². The van der Waals surface area contributed by atoms with E-state index in [1.54, 1.807) is 55.6 Å². The minimum atomic E-state index is -0.435. The van der Waals surface area contributed by atoms with E-state index in [-0.39, 0.29) is 42.4 Å². The predicted molar refractivity (Wildman–Crippen MR) is 183 cm³/mol. The molecule has 1 aliphatic rings. The summed E-state index contributed by atoms with van der Waals surface area (Å²) in [6, 6.07) is 14.0. The fourth-order valence-electron chi connectivity index (χ4n) is 4.85. The number of anilines is 1. The number of hydrogen-bond acceptors (Lipinski definition) is 5. The summed E-state index contributed by atoms with van der Waals surface area (Å²) in [7, 11) is 1.57. The number of likely N-dealkylation sites (tertiary alicyclic amines) is 1. The quantitative estimate of drug-likeness (QED) is 0.192. The van der Waals surface area contributed by atoms with E-state index in [1.807, 2.05) is 28.5 Å². The van der Waals surface area contributed by atoms with E-state index in [1.165, 1.54) is 11.0 Å². The molecule has 236 valence electrons. The summed E-state index contributed by atoms with van der Waals surface area (Å²) < 4.78 is 8.76. The van der Waals surface area contributed by atoms with E-state index in [0.29, 0.717) is 33.2 Å². The van der Waals surface area contributed by atoms with Gasteiger partial charge in [0.15, 0.2) is 11.4 Å². The molecule has 3 amide bonds. The maximum atomic E-state index is 13.0. The largest absolute Gasteiger partial charge is 0.485 e. The van der Waals surface area contributed by atoms with Gasteiger partial charge in [-0.2, -0.15) is 0 Å². The number of hydrogen-bond donors (Lipinski definition) is 1. The van der Waals surface area contributed by atoms with Crippen LogP contribution >= 0.6 is 51.5 Å². The zero-order chi connectivity index (χ0) is 31.4. The molecule has 1 saturated heterocycles. The number of imidazole rings is 1. The molecule has 13 heteroatoms. The third-order valence-corrected chi connectivity index (χ3v) is 9.11. The molecule has 1 aliphatic heterocycles. The first-order valence-corrected chi connectivity index (χ1v) is 15.5. The van der Waals surface area contributed by atoms with Crippen molar-refractivity contribution in [2.24, 2.45) is 0 Å². The lowest BCUT2D eigenvalue weighted by Crippen LogP contribution is -2.37. The number of pyridine rings is 1. The summed E-state index contributed by atoms with van der Waals surface area (Å²) in [6.07, 6.45) is 6.91. The van der Waals surface area contributed by atoms with Crippen LogP contribution in [0.5, 0.6) is 5.75 Å². The Hall–Kier alpha value is -3.57. The number of fused-ring (bicyclic) bond motifs is 1. The van der Waals surface area contributed by atoms with Gasteiger partial charge in [0, 0.05) is 48.6 Å². The highest BCUT2D eigenvalue weighted by atomic mass is 79.9. The topological polar surface area (TPSA) is 96.2 Å². The number of nitrogens with one attached hydrogen (secondary N) is 1. The molecule has 0 spiro atoms. The Bertz CT molecular complexity index is 1750. The Morgan fingerprint density at radius 3 is 2.51 bits per heavy atom. The molecule has 9 nitrogen and oxygen atoms in total. The molecule has 2 aromatic heterocycles. The normalized spacial score (nSPS) is 12.8. The minimum absolute atomic E-state index is 0. The fraction of sp³-hybridized carbons (Fsp3) is 0.250. The zero-order valence-electron chi connectivity index (χ0n) is 24.6. The number of carbonyl (C=O) groups excluding carboxylic acids is 3. The highest BCUT2D eigenvalue weighted by molar-refractivity contribution is 9.10. The molecule has 0 aliphatic carbocycles. The third kappa shape index (κ3) is 7.81. The van der Waals surface area contributed by atoms with Crippen LogP contribution in [-0.2, 0) is 16.2 Å². The highest BCUT2D eigenvalue weighted by Crippen LogP contribution is 2.35. The van der Waals surface area contributed by atoms with Crippen molar-refractivity contribution < 1.29 is 19.1 Å². The van der Waals surface area contributed by atoms with Crippen molar-refractivity contribution in [2.75, 3.05) is 31.6 Å². The second-order valence-corrected chi connectivity index (χ2v) is 11.9. The van der Waals surface area contributed by atoms with Gasteiger partial charge in [-0.15, -0.1) is 12.4 Å². The molecule has 45 heavy (non-hydrogen) atoms. The standard InChI is InChI=1S/C32H30BrCl2N5O4.ClH/c1-20-30(33)40-17-5-6-26(31(40)37-20)44-19-23-24(34)12-13-25(29(23)35)38(2)28(42)18-36-27(41)14-9-21-7-10-22(11-8-21)32(43)39-15-3-4-16-39;/h5-14,17H,3-4,15-16,18-19H2,1-2H3,(H,36,41);1H/b14-9+;. The molecule has 1 N–H and O–H groups in total. The van der Waals surface area contributed by atoms with Crippen molar-refractivity contribution in [1.82, 2.24) is 19.6 Å². The molecule has 3 heterocycles. The van der Waals surface area contributed by atoms with E-state index < -0.39 is 5.91 Å². The van der Waals surface area contributed by atoms with Gasteiger partial charge >= 0.3 is 0 Å². The van der Waals surface area contributed by atoms with Crippen LogP contribution in [0.2, 0.25) is 10.0 Å². The molecule has 5 rings (SSSR count). The second-order valence-electron chi connectivity index (χ2n) is 10.3. The van der Waals surface area contributed by atoms with Crippen LogP contribution in [0.4, 0.5) is 5.69 Å². The molecule has 0 unspecified atom stereocenters. The SMILES string of the molecule is Cc1nc2c(OCc3c(Cl)ccc(N(C)C(=O)CNC(=O)/C=C/c4ccc(C(=O)N5CCCC5)cc4)c3Cl)cccn2c1Br.Cl. The monoisotopic (exact) mass is 733 g/mol. The van der Waals surface area contributed by atoms with Gasteiger partial charge in [0.2, 0.25) is 11.8 Å². The maximum Gasteiger partial charge on any atom is 0.253 e. The van der Waals surface area contributed by atoms with Gasteiger partial charge in [0.1, 0.15) is 11.2 Å². The van der Waals surface area contributed by atoms with Crippen molar-refractivity contribution in [2.45, 2.75) is 26.4 Å². The van der Waals surface area contributed by atoms with Crippen LogP contribution in [0.1, 0.15) is 40.0 Å². The molecule has 1 fully saturated rings. The van der Waals surface area contributed by atoms with Gasteiger partial charge in [-0.25, -0.2) is 4.98 Å². The molecular formula is C32H31BrCl3N5O4. The first-order valence-electron chi connectivity index (χ1n) is 14.0. The smallest absolute Gasteiger partial charge is 0.253 e. The van der Waals surface area contributed by atoms with E-state index in [2.05, 4.69) is 26.2 Å². The van der Waals surface area contributed by atoms with Crippen molar-refractivity contribution >= 4 is 86.7 Å². The highest BCUT2D eigenvalue weighted by Gasteiger charge is 2.21. The molecule has 0 atom stereocenters. The molecule has 0 saturated carbocycles. The second kappa shape index (κ2) is 15.1. The van der Waals surface area contributed by atoms with Gasteiger partial charge in [-0.3, -0.25) is 18.8 Å². The van der Waals surface area contributed by atoms with Gasteiger partial charge in [0.05, 0.1) is 22.9 Å². The van der Waals surface area contributed by atoms with E-state index >= 15 is 0 Å². The van der Waals surface area contributed by atoms with E-state index in [4.69, 9.17) is 27.9 Å². The molecule has 4 aromatic rings. The lowest BCUT2D eigenvalue weighted by molar-refractivity contribution is -0.122. The van der Waals surface area contributed by atoms with E-state index in [9.17, 15) is 14.4 Å². The number of likely N-dealkylation sites (N-methyl/N-ethyl adjacent to an activating group) is 1. The van der Waals surface area contributed by atoms with Crippen molar-refractivity contribution in [1.29, 1.82) is 0 Å². The average Bonchev–Trinajstić information content (AvgIpc) is 3.67. The zero-order valence-corrected chi connectivity index (χ0v) is 28.5. The Morgan fingerprint density at radius 1 is 1.09 bits per heavy atom. The van der Waals surface area contributed by atoms with Gasteiger partial charge in [-0.05, 0) is 83.7 Å². The van der Waals surface area contributed by atoms with E-state index in [0.717, 1.165) is 41.8 Å². The summed E-state index contributed by atoms with van der Waals surface area (Å²) in [5.74, 6) is -0.245. The summed E-state index contributed by atoms with van der Waals surface area (Å²) in [5.41, 5.74) is 3.77. The summed E-state index contributed by atoms with van der Waals surface area (Å²) in [5, 5.41) is 3.25. The fourth-order valence-corrected chi connectivity index (χ4v) is 5.83. The van der Waals surface area contributed by atoms with Gasteiger partial charge < -0.3 is 19.9 Å². The number of aryl methyl sites for hydroxylation is 1. The number of rotatable bonds is 9. The van der Waals surface area contributed by atoms with Crippen molar-refractivity contribution in [3.05, 3.63) is 97.8 Å². The molecule has 2 aromatic carbocycles. The number of nitrogens with zero attached hydrogens (tertiary/aromatic N) is 4. The minimum Gasteiger partial charge on any atom is -0.485 e. The van der Waals surface area contributed by atoms with Gasteiger partial charge in [-0.1, -0.05) is 35.3 Å². The summed E-state index contributed by atoms with van der Waals surface area (Å²) >= 11 is 16.7. The Kier molecular flexibility index (Phi) is 11.5. The third-order valence-electron chi connectivity index (χ3n) is 7.38. The van der Waals surface area contributed by atoms with Crippen molar-refractivity contribution in [3.8, 4) is 5.75 Å². The number of halogens is 4. The Labute approximate surface area is 285 Å². The summed E-state index contributed by atoms with van der Waals surface area (Å²) in [6.45, 7) is 3.27. The number of aromatic nitrogens is 2. The van der Waals surface area contributed by atoms with Crippen LogP contribution in [0.25, 0.3) is 11.7 Å². The lowest BCUT2D eigenvalue weighted by Gasteiger charge is -2.21. The number of carbonyl (C=O) groups is 3. The van der Waals surface area contributed by atoms with Gasteiger partial charge in [0.25, 0.3) is 5.91 Å². The first-order chi connectivity index (χ1) is 21.1. The summed E-state index contributed by atoms with van der Waals surface area (Å²) in [4.78, 5) is 45.7. The average molecular weight is 736 g/mol. The van der Waals surface area contributed by atoms with Crippen LogP contribution in [0, 0.1) is 6.92 Å². The number of benzene rings is 2. The Morgan fingerprint density at radius 2 is 1.80 bits per heavy atom.